The van der Waals surface area contributed by atoms with Crippen LogP contribution in [0, 0.1) is 0 Å². The number of rotatable bonds is 1. The van der Waals surface area contributed by atoms with Crippen LogP contribution in [-0.2, 0) is 4.79 Å². The molecule has 0 atom stereocenters. The predicted molar refractivity (Wildman–Crippen MR) is 39.2 cm³/mol. The Morgan fingerprint density at radius 1 is 1.50 bits per heavy atom. The monoisotopic (exact) mass is 162 g/mol. The largest absolute Gasteiger partial charge is 0.481 e. The van der Waals surface area contributed by atoms with Gasteiger partial charge < -0.3 is 5.11 Å². The maximum absolute atomic E-state index is 9.37. The lowest BCUT2D eigenvalue weighted by atomic mass is 10.5. The van der Waals surface area contributed by atoms with Crippen molar-refractivity contribution in [3.05, 3.63) is 0 Å². The third kappa shape index (κ3) is 36.7. The van der Waals surface area contributed by atoms with E-state index in [1.165, 1.54) is 0 Å². The highest BCUT2D eigenvalue weighted by molar-refractivity contribution is 5.85. The van der Waals surface area contributed by atoms with E-state index in [9.17, 15) is 4.79 Å². The van der Waals surface area contributed by atoms with Gasteiger partial charge in [-0.05, 0) is 0 Å². The Morgan fingerprint density at radius 2 is 1.62 bits per heavy atom. The minimum absolute atomic E-state index is 0. The van der Waals surface area contributed by atoms with E-state index in [4.69, 9.17) is 5.11 Å². The van der Waals surface area contributed by atoms with E-state index in [-0.39, 0.29) is 38.7 Å². The van der Waals surface area contributed by atoms with E-state index in [1.54, 1.807) is 6.92 Å². The molecule has 0 radical (unpaired) electrons. The summed E-state index contributed by atoms with van der Waals surface area (Å²) in [6.45, 7) is 1.60. The first-order chi connectivity index (χ1) is 2.27. The van der Waals surface area contributed by atoms with Crippen molar-refractivity contribution in [2.45, 2.75) is 20.8 Å². The van der Waals surface area contributed by atoms with Crippen molar-refractivity contribution < 1.29 is 9.90 Å². The molecule has 0 unspecified atom stereocenters. The minimum atomic E-state index is -0.745. The number of hydrogen-bond donors (Lipinski definition) is 1. The van der Waals surface area contributed by atoms with Crippen LogP contribution in [0.15, 0.2) is 0 Å². The molecule has 1 N–H and O–H groups in total. The Morgan fingerprint density at radius 3 is 1.62 bits per heavy atom. The molecule has 0 aliphatic heterocycles. The fourth-order valence-electron chi connectivity index (χ4n) is 0. The molecule has 0 aliphatic rings. The van der Waals surface area contributed by atoms with Crippen molar-refractivity contribution >= 4 is 30.8 Å². The zero-order valence-corrected chi connectivity index (χ0v) is 5.51. The molecule has 4 heteroatoms. The van der Waals surface area contributed by atoms with Crippen LogP contribution in [0.3, 0.4) is 0 Å². The summed E-state index contributed by atoms with van der Waals surface area (Å²) in [4.78, 5) is 9.37. The number of halogens is 2. The van der Waals surface area contributed by atoms with Crippen LogP contribution < -0.4 is 0 Å². The Bertz CT molecular complexity index is 47.3. The van der Waals surface area contributed by atoms with Gasteiger partial charge >= 0.3 is 5.97 Å². The fraction of sp³-hybridized carbons (Fsp3) is 0.750. The smallest absolute Gasteiger partial charge is 0.303 e. The molecule has 8 heavy (non-hydrogen) atoms. The Balaban J connectivity index is -0.0000000267. The lowest BCUT2D eigenvalue weighted by Crippen LogP contribution is -1.86. The highest BCUT2D eigenvalue weighted by Gasteiger charge is 1.80. The lowest BCUT2D eigenvalue weighted by molar-refractivity contribution is -0.136. The van der Waals surface area contributed by atoms with Crippen molar-refractivity contribution in [3.63, 3.8) is 0 Å². The second-order valence-electron chi connectivity index (χ2n) is 0.747. The van der Waals surface area contributed by atoms with Crippen molar-refractivity contribution in [1.29, 1.82) is 0 Å². The Kier molecular flexibility index (Phi) is 48.0. The molecule has 0 aromatic rings. The summed E-state index contributed by atoms with van der Waals surface area (Å²) in [5.41, 5.74) is 0. The summed E-state index contributed by atoms with van der Waals surface area (Å²) in [5.74, 6) is -0.745. The Labute approximate surface area is 62.1 Å². The number of hydrogen-bond acceptors (Lipinski definition) is 1. The molecule has 2 nitrogen and oxygen atoms in total. The molecule has 0 bridgehead atoms. The van der Waals surface area contributed by atoms with Crippen molar-refractivity contribution in [2.24, 2.45) is 0 Å². The third-order valence-corrected chi connectivity index (χ3v) is 0.302. The molecular weight excluding hydrogens is 151 g/mol. The van der Waals surface area contributed by atoms with Crippen molar-refractivity contribution in [3.8, 4) is 0 Å². The summed E-state index contributed by atoms with van der Waals surface area (Å²) < 4.78 is 0. The molecule has 0 amide bonds. The molecule has 0 aromatic heterocycles. The summed E-state index contributed by atoms with van der Waals surface area (Å²) in [7, 11) is 0. The zero-order valence-electron chi connectivity index (χ0n) is 3.88. The average Bonchev–Trinajstić information content (AvgIpc) is 1.38. The number of carboxylic acids is 1. The third-order valence-electron chi connectivity index (χ3n) is 0.302. The first-order valence-electron chi connectivity index (χ1n) is 1.49. The van der Waals surface area contributed by atoms with Gasteiger partial charge in [0.05, 0.1) is 0 Å². The first-order valence-corrected chi connectivity index (χ1v) is 1.49. The second-order valence-corrected chi connectivity index (χ2v) is 0.747. The molecule has 0 fully saturated rings. The molecule has 0 aromatic carbocycles. The first kappa shape index (κ1) is 24.4. The van der Waals surface area contributed by atoms with Crippen LogP contribution in [0.4, 0.5) is 0 Å². The van der Waals surface area contributed by atoms with E-state index in [1.807, 2.05) is 0 Å². The number of aliphatic carboxylic acids is 1. The van der Waals surface area contributed by atoms with Crippen molar-refractivity contribution in [2.75, 3.05) is 0 Å². The maximum atomic E-state index is 9.37. The van der Waals surface area contributed by atoms with Gasteiger partial charge in [-0.15, -0.1) is 24.8 Å². The summed E-state index contributed by atoms with van der Waals surface area (Å²) >= 11 is 0. The number of carboxylic acid groups (broad SMARTS) is 1. The maximum Gasteiger partial charge on any atom is 0.303 e. The Hall–Kier alpha value is 0.0500. The van der Waals surface area contributed by atoms with Gasteiger partial charge in [-0.3, -0.25) is 4.79 Å². The van der Waals surface area contributed by atoms with E-state index in [0.717, 1.165) is 0 Å². The van der Waals surface area contributed by atoms with Gasteiger partial charge in [0.1, 0.15) is 0 Å². The van der Waals surface area contributed by atoms with Gasteiger partial charge in [0, 0.05) is 6.42 Å². The second kappa shape index (κ2) is 15.7. The average molecular weight is 163 g/mol. The normalized spacial score (nSPS) is 4.62. The van der Waals surface area contributed by atoms with Gasteiger partial charge in [-0.2, -0.15) is 0 Å². The van der Waals surface area contributed by atoms with Gasteiger partial charge in [0.25, 0.3) is 0 Å². The van der Waals surface area contributed by atoms with Crippen molar-refractivity contribution in [1.82, 2.24) is 0 Å². The standard InChI is InChI=1S/C3H6O2.CH4.2ClH/c1-2-3(4)5;;;/h2H2,1H3,(H,4,5);1H4;2*1H. The van der Waals surface area contributed by atoms with E-state index < -0.39 is 5.97 Å². The van der Waals surface area contributed by atoms with Gasteiger partial charge in [0.15, 0.2) is 0 Å². The zero-order chi connectivity index (χ0) is 4.28. The SMILES string of the molecule is C.CCC(=O)O.Cl.Cl. The highest BCUT2D eigenvalue weighted by Crippen LogP contribution is 1.67. The molecule has 0 heterocycles. The van der Waals surface area contributed by atoms with Gasteiger partial charge in [-0.1, -0.05) is 14.4 Å². The molecular formula is C4H12Cl2O2. The topological polar surface area (TPSA) is 37.3 Å². The predicted octanol–water partition coefficient (Wildman–Crippen LogP) is 1.96. The number of carbonyl (C=O) groups is 1. The molecule has 0 aliphatic carbocycles. The van der Waals surface area contributed by atoms with Crippen LogP contribution in [0.2, 0.25) is 0 Å². The van der Waals surface area contributed by atoms with Crippen LogP contribution >= 0.6 is 24.8 Å². The molecule has 0 saturated heterocycles. The summed E-state index contributed by atoms with van der Waals surface area (Å²) in [6, 6.07) is 0. The van der Waals surface area contributed by atoms with Crippen LogP contribution in [-0.4, -0.2) is 11.1 Å². The highest BCUT2D eigenvalue weighted by atomic mass is 35.5. The van der Waals surface area contributed by atoms with E-state index in [0.29, 0.717) is 0 Å². The minimum Gasteiger partial charge on any atom is -0.481 e. The molecule has 54 valence electrons. The summed E-state index contributed by atoms with van der Waals surface area (Å²) in [6.07, 6.45) is 0.222. The lowest BCUT2D eigenvalue weighted by Gasteiger charge is -1.71. The fourth-order valence-corrected chi connectivity index (χ4v) is 0. The van der Waals surface area contributed by atoms with Gasteiger partial charge in [-0.25, -0.2) is 0 Å². The van der Waals surface area contributed by atoms with E-state index >= 15 is 0 Å². The van der Waals surface area contributed by atoms with Crippen LogP contribution in [0.25, 0.3) is 0 Å². The molecule has 0 saturated carbocycles. The molecule has 0 spiro atoms. The van der Waals surface area contributed by atoms with Gasteiger partial charge in [0.2, 0.25) is 0 Å². The van der Waals surface area contributed by atoms with E-state index in [2.05, 4.69) is 0 Å². The summed E-state index contributed by atoms with van der Waals surface area (Å²) in [5, 5.41) is 7.72. The van der Waals surface area contributed by atoms with Crippen LogP contribution in [0.5, 0.6) is 0 Å². The molecule has 0 rings (SSSR count). The quantitative estimate of drug-likeness (QED) is 0.641. The van der Waals surface area contributed by atoms with Crippen LogP contribution in [0.1, 0.15) is 20.8 Å².